The maximum absolute atomic E-state index is 11.9. The number of carbonyl (C=O) groups excluding carboxylic acids is 1. The molecule has 0 radical (unpaired) electrons. The molecule has 0 bridgehead atoms. The van der Waals surface area contributed by atoms with Gasteiger partial charge in [-0.1, -0.05) is 24.6 Å². The Morgan fingerprint density at radius 1 is 1.36 bits per heavy atom. The molecule has 1 saturated carbocycles. The zero-order valence-corrected chi connectivity index (χ0v) is 14.0. The molecule has 0 heterocycles. The second-order valence-electron chi connectivity index (χ2n) is 5.82. The largest absolute Gasteiger partial charge is 0.493 e. The van der Waals surface area contributed by atoms with Gasteiger partial charge in [-0.15, -0.1) is 12.4 Å². The van der Waals surface area contributed by atoms with Gasteiger partial charge in [0.05, 0.1) is 6.61 Å². The van der Waals surface area contributed by atoms with Gasteiger partial charge in [-0.05, 0) is 50.3 Å². The summed E-state index contributed by atoms with van der Waals surface area (Å²) in [6.07, 6.45) is 4.62. The fraction of sp³-hybridized carbons (Fsp3) is 0.588. The summed E-state index contributed by atoms with van der Waals surface area (Å²) >= 11 is 0. The molecule has 2 rings (SSSR count). The van der Waals surface area contributed by atoms with E-state index < -0.39 is 0 Å². The molecule has 1 aliphatic carbocycles. The fourth-order valence-corrected chi connectivity index (χ4v) is 2.92. The Labute approximate surface area is 139 Å². The Bertz CT molecular complexity index is 468. The topological polar surface area (TPSA) is 64.3 Å². The molecule has 22 heavy (non-hydrogen) atoms. The van der Waals surface area contributed by atoms with E-state index in [4.69, 9.17) is 10.5 Å². The minimum atomic E-state index is 0. The first-order valence-corrected chi connectivity index (χ1v) is 7.88. The highest BCUT2D eigenvalue weighted by Gasteiger charge is 2.26. The van der Waals surface area contributed by atoms with Crippen molar-refractivity contribution in [2.45, 2.75) is 45.1 Å². The van der Waals surface area contributed by atoms with Crippen molar-refractivity contribution in [1.82, 2.24) is 5.32 Å². The SMILES string of the molecule is Cc1ccccc1OCCCC(=O)NC1CCCC1CN.Cl. The molecule has 3 N–H and O–H groups in total. The minimum absolute atomic E-state index is 0. The molecule has 4 nitrogen and oxygen atoms in total. The molecule has 0 spiro atoms. The van der Waals surface area contributed by atoms with Crippen LogP contribution in [0.1, 0.15) is 37.7 Å². The molecule has 0 aromatic heterocycles. The number of para-hydroxylation sites is 1. The Morgan fingerprint density at radius 3 is 2.86 bits per heavy atom. The quantitative estimate of drug-likeness (QED) is 0.757. The third-order valence-electron chi connectivity index (χ3n) is 4.21. The van der Waals surface area contributed by atoms with Crippen molar-refractivity contribution < 1.29 is 9.53 Å². The highest BCUT2D eigenvalue weighted by molar-refractivity contribution is 5.85. The summed E-state index contributed by atoms with van der Waals surface area (Å²) in [6, 6.07) is 8.21. The zero-order chi connectivity index (χ0) is 15.1. The summed E-state index contributed by atoms with van der Waals surface area (Å²) in [5, 5.41) is 3.12. The zero-order valence-electron chi connectivity index (χ0n) is 13.2. The van der Waals surface area contributed by atoms with E-state index in [1.54, 1.807) is 0 Å². The van der Waals surface area contributed by atoms with Crippen LogP contribution in [-0.2, 0) is 4.79 Å². The van der Waals surface area contributed by atoms with E-state index in [0.29, 0.717) is 25.5 Å². The standard InChI is InChI=1S/C17H26N2O2.ClH/c1-13-6-2-3-9-16(13)21-11-5-10-17(20)19-15-8-4-7-14(15)12-18;/h2-3,6,9,14-15H,4-5,7-8,10-12,18H2,1H3,(H,19,20);1H. The fourth-order valence-electron chi connectivity index (χ4n) is 2.92. The number of ether oxygens (including phenoxy) is 1. The third-order valence-corrected chi connectivity index (χ3v) is 4.21. The number of hydrogen-bond acceptors (Lipinski definition) is 3. The van der Waals surface area contributed by atoms with Crippen LogP contribution in [0, 0.1) is 12.8 Å². The van der Waals surface area contributed by atoms with Gasteiger partial charge < -0.3 is 15.8 Å². The first-order valence-electron chi connectivity index (χ1n) is 7.88. The van der Waals surface area contributed by atoms with Crippen molar-refractivity contribution in [3.8, 4) is 5.75 Å². The predicted molar refractivity (Wildman–Crippen MR) is 91.5 cm³/mol. The number of nitrogens with one attached hydrogen (secondary N) is 1. The van der Waals surface area contributed by atoms with E-state index >= 15 is 0 Å². The summed E-state index contributed by atoms with van der Waals surface area (Å²) < 4.78 is 5.70. The van der Waals surface area contributed by atoms with Crippen LogP contribution in [-0.4, -0.2) is 25.1 Å². The first-order chi connectivity index (χ1) is 10.2. The van der Waals surface area contributed by atoms with Crippen LogP contribution >= 0.6 is 12.4 Å². The van der Waals surface area contributed by atoms with Gasteiger partial charge in [-0.3, -0.25) is 4.79 Å². The van der Waals surface area contributed by atoms with E-state index in [1.165, 1.54) is 6.42 Å². The number of nitrogens with two attached hydrogens (primary N) is 1. The smallest absolute Gasteiger partial charge is 0.220 e. The number of amides is 1. The summed E-state index contributed by atoms with van der Waals surface area (Å²) in [5.74, 6) is 1.47. The molecular formula is C17H27ClN2O2. The van der Waals surface area contributed by atoms with Crippen LogP contribution in [0.15, 0.2) is 24.3 Å². The van der Waals surface area contributed by atoms with Crippen molar-refractivity contribution >= 4 is 18.3 Å². The van der Waals surface area contributed by atoms with Gasteiger partial charge >= 0.3 is 0 Å². The molecule has 2 unspecified atom stereocenters. The monoisotopic (exact) mass is 326 g/mol. The number of carbonyl (C=O) groups is 1. The molecule has 1 aliphatic rings. The first kappa shape index (κ1) is 18.8. The Balaban J connectivity index is 0.00000242. The van der Waals surface area contributed by atoms with Gasteiger partial charge in [0.15, 0.2) is 0 Å². The normalized spacial score (nSPS) is 20.3. The van der Waals surface area contributed by atoms with Crippen molar-refractivity contribution in [3.05, 3.63) is 29.8 Å². The lowest BCUT2D eigenvalue weighted by Gasteiger charge is -2.19. The third kappa shape index (κ3) is 5.50. The second kappa shape index (κ2) is 9.70. The molecule has 5 heteroatoms. The Morgan fingerprint density at radius 2 is 2.14 bits per heavy atom. The van der Waals surface area contributed by atoms with E-state index in [9.17, 15) is 4.79 Å². The van der Waals surface area contributed by atoms with E-state index in [-0.39, 0.29) is 24.4 Å². The lowest BCUT2D eigenvalue weighted by atomic mass is 10.0. The highest BCUT2D eigenvalue weighted by atomic mass is 35.5. The van der Waals surface area contributed by atoms with Crippen LogP contribution in [0.2, 0.25) is 0 Å². The average Bonchev–Trinajstić information content (AvgIpc) is 2.92. The summed E-state index contributed by atoms with van der Waals surface area (Å²) in [6.45, 7) is 3.26. The van der Waals surface area contributed by atoms with Gasteiger partial charge in [0, 0.05) is 12.5 Å². The summed E-state index contributed by atoms with van der Waals surface area (Å²) in [5.41, 5.74) is 6.85. The van der Waals surface area contributed by atoms with Crippen LogP contribution < -0.4 is 15.8 Å². The molecule has 1 fully saturated rings. The molecule has 0 aliphatic heterocycles. The van der Waals surface area contributed by atoms with E-state index in [1.807, 2.05) is 31.2 Å². The lowest BCUT2D eigenvalue weighted by Crippen LogP contribution is -2.39. The molecular weight excluding hydrogens is 300 g/mol. The Hall–Kier alpha value is -1.26. The van der Waals surface area contributed by atoms with Crippen molar-refractivity contribution in [2.75, 3.05) is 13.2 Å². The predicted octanol–water partition coefficient (Wildman–Crippen LogP) is 2.82. The lowest BCUT2D eigenvalue weighted by molar-refractivity contribution is -0.122. The van der Waals surface area contributed by atoms with Crippen LogP contribution in [0.4, 0.5) is 0 Å². The maximum atomic E-state index is 11.9. The highest BCUT2D eigenvalue weighted by Crippen LogP contribution is 2.24. The van der Waals surface area contributed by atoms with Gasteiger partial charge in [0.1, 0.15) is 5.75 Å². The molecule has 0 saturated heterocycles. The van der Waals surface area contributed by atoms with Gasteiger partial charge in [0.2, 0.25) is 5.91 Å². The minimum Gasteiger partial charge on any atom is -0.493 e. The Kier molecular flexibility index (Phi) is 8.28. The number of halogens is 1. The molecule has 1 aromatic carbocycles. The van der Waals surface area contributed by atoms with Gasteiger partial charge in [-0.25, -0.2) is 0 Å². The number of benzene rings is 1. The van der Waals surface area contributed by atoms with Crippen molar-refractivity contribution in [1.29, 1.82) is 0 Å². The molecule has 1 amide bonds. The molecule has 124 valence electrons. The maximum Gasteiger partial charge on any atom is 0.220 e. The molecule has 2 atom stereocenters. The van der Waals surface area contributed by atoms with Gasteiger partial charge in [0.25, 0.3) is 0 Å². The van der Waals surface area contributed by atoms with Crippen LogP contribution in [0.25, 0.3) is 0 Å². The van der Waals surface area contributed by atoms with E-state index in [0.717, 1.165) is 30.6 Å². The van der Waals surface area contributed by atoms with E-state index in [2.05, 4.69) is 5.32 Å². The van der Waals surface area contributed by atoms with Crippen LogP contribution in [0.5, 0.6) is 5.75 Å². The number of rotatable bonds is 7. The molecule has 1 aromatic rings. The summed E-state index contributed by atoms with van der Waals surface area (Å²) in [4.78, 5) is 11.9. The number of hydrogen-bond donors (Lipinski definition) is 2. The van der Waals surface area contributed by atoms with Crippen molar-refractivity contribution in [2.24, 2.45) is 11.7 Å². The van der Waals surface area contributed by atoms with Crippen LogP contribution in [0.3, 0.4) is 0 Å². The van der Waals surface area contributed by atoms with Gasteiger partial charge in [-0.2, -0.15) is 0 Å². The van der Waals surface area contributed by atoms with Crippen molar-refractivity contribution in [3.63, 3.8) is 0 Å². The average molecular weight is 327 g/mol. The second-order valence-corrected chi connectivity index (χ2v) is 5.82. The summed E-state index contributed by atoms with van der Waals surface area (Å²) in [7, 11) is 0. The number of aryl methyl sites for hydroxylation is 1.